The predicted octanol–water partition coefficient (Wildman–Crippen LogP) is 2.38. The van der Waals surface area contributed by atoms with Gasteiger partial charge in [-0.1, -0.05) is 31.2 Å². The Balaban J connectivity index is 1.95. The smallest absolute Gasteiger partial charge is 0.320 e. The van der Waals surface area contributed by atoms with Crippen molar-refractivity contribution >= 4 is 29.7 Å². The molecule has 0 radical (unpaired) electrons. The van der Waals surface area contributed by atoms with Gasteiger partial charge in [0.05, 0.1) is 7.11 Å². The van der Waals surface area contributed by atoms with Crippen LogP contribution in [0.1, 0.15) is 18.1 Å². The van der Waals surface area contributed by atoms with Crippen molar-refractivity contribution in [2.24, 2.45) is 0 Å². The molecular formula is C17H21NO3S. The van der Waals surface area contributed by atoms with Gasteiger partial charge in [0.25, 0.3) is 0 Å². The fourth-order valence-electron chi connectivity index (χ4n) is 2.26. The van der Waals surface area contributed by atoms with Crippen LogP contribution in [0.5, 0.6) is 0 Å². The van der Waals surface area contributed by atoms with Gasteiger partial charge in [-0.15, -0.1) is 11.8 Å². The second kappa shape index (κ2) is 8.03. The van der Waals surface area contributed by atoms with Crippen molar-refractivity contribution in [2.45, 2.75) is 18.6 Å². The number of aryl methyl sites for hydroxylation is 1. The predicted molar refractivity (Wildman–Crippen MR) is 89.7 cm³/mol. The number of benzene rings is 1. The van der Waals surface area contributed by atoms with Gasteiger partial charge in [0.15, 0.2) is 0 Å². The van der Waals surface area contributed by atoms with E-state index < -0.39 is 0 Å². The molecule has 0 aromatic heterocycles. The highest BCUT2D eigenvalue weighted by Crippen LogP contribution is 2.20. The molecule has 1 aromatic rings. The number of thioether (sulfide) groups is 1. The van der Waals surface area contributed by atoms with Gasteiger partial charge in [0.2, 0.25) is 5.91 Å². The number of carbonyl (C=O) groups is 2. The zero-order valence-electron chi connectivity index (χ0n) is 13.0. The first kappa shape index (κ1) is 16.6. The van der Waals surface area contributed by atoms with E-state index in [0.717, 1.165) is 17.7 Å². The first-order chi connectivity index (χ1) is 10.6. The Morgan fingerprint density at radius 2 is 2.09 bits per heavy atom. The summed E-state index contributed by atoms with van der Waals surface area (Å²) < 4.78 is 4.75. The molecule has 4 nitrogen and oxygen atoms in total. The monoisotopic (exact) mass is 319 g/mol. The molecule has 0 unspecified atom stereocenters. The summed E-state index contributed by atoms with van der Waals surface area (Å²) in [6.07, 6.45) is 4.39. The molecule has 1 fully saturated rings. The molecule has 0 aliphatic carbocycles. The largest absolute Gasteiger partial charge is 0.468 e. The van der Waals surface area contributed by atoms with Crippen molar-refractivity contribution in [3.05, 3.63) is 41.5 Å². The lowest BCUT2D eigenvalue weighted by Gasteiger charge is -2.30. The molecule has 22 heavy (non-hydrogen) atoms. The third kappa shape index (κ3) is 4.37. The molecule has 1 aliphatic heterocycles. The highest BCUT2D eigenvalue weighted by Gasteiger charge is 2.28. The average molecular weight is 319 g/mol. The number of carbonyl (C=O) groups excluding carboxylic acids is 2. The summed E-state index contributed by atoms with van der Waals surface area (Å²) in [6, 6.07) is 8.14. The van der Waals surface area contributed by atoms with Gasteiger partial charge >= 0.3 is 5.97 Å². The fourth-order valence-corrected chi connectivity index (χ4v) is 3.39. The Hall–Kier alpha value is -1.75. The van der Waals surface area contributed by atoms with Gasteiger partial charge in [-0.3, -0.25) is 9.59 Å². The molecule has 5 heteroatoms. The van der Waals surface area contributed by atoms with Crippen LogP contribution >= 0.6 is 11.8 Å². The van der Waals surface area contributed by atoms with Crippen molar-refractivity contribution in [1.82, 2.24) is 4.90 Å². The van der Waals surface area contributed by atoms with E-state index >= 15 is 0 Å². The Morgan fingerprint density at radius 1 is 1.36 bits per heavy atom. The first-order valence-corrected chi connectivity index (χ1v) is 8.44. The van der Waals surface area contributed by atoms with Crippen molar-refractivity contribution in [1.29, 1.82) is 0 Å². The van der Waals surface area contributed by atoms with Gasteiger partial charge in [0.1, 0.15) is 5.25 Å². The Bertz CT molecular complexity index is 554. The van der Waals surface area contributed by atoms with E-state index in [1.807, 2.05) is 18.2 Å². The summed E-state index contributed by atoms with van der Waals surface area (Å²) in [7, 11) is 1.38. The molecule has 118 valence electrons. The number of hydrogen-bond acceptors (Lipinski definition) is 4. The number of esters is 1. The van der Waals surface area contributed by atoms with Gasteiger partial charge in [-0.2, -0.15) is 0 Å². The Morgan fingerprint density at radius 3 is 2.73 bits per heavy atom. The third-order valence-electron chi connectivity index (χ3n) is 3.65. The van der Waals surface area contributed by atoms with Crippen LogP contribution in [0, 0.1) is 0 Å². The number of amides is 1. The maximum Gasteiger partial charge on any atom is 0.320 e. The Labute approximate surface area is 135 Å². The van der Waals surface area contributed by atoms with Crippen LogP contribution in [0.3, 0.4) is 0 Å². The van der Waals surface area contributed by atoms with Crippen LogP contribution in [0.25, 0.3) is 6.08 Å². The number of rotatable bonds is 4. The SMILES string of the molecule is CCc1ccc(/C=C/C(=O)N2CCS[C@@H](C(=O)OC)C2)cc1. The van der Waals surface area contributed by atoms with Gasteiger partial charge in [-0.05, 0) is 23.6 Å². The zero-order chi connectivity index (χ0) is 15.9. The molecule has 1 aliphatic rings. The molecule has 1 heterocycles. The summed E-state index contributed by atoms with van der Waals surface area (Å²) in [6.45, 7) is 3.19. The molecule has 1 atom stereocenters. The summed E-state index contributed by atoms with van der Waals surface area (Å²) in [5.41, 5.74) is 2.28. The lowest BCUT2D eigenvalue weighted by molar-refractivity contribution is -0.140. The Kier molecular flexibility index (Phi) is 6.07. The van der Waals surface area contributed by atoms with E-state index in [9.17, 15) is 9.59 Å². The highest BCUT2D eigenvalue weighted by molar-refractivity contribution is 8.00. The minimum absolute atomic E-state index is 0.0613. The quantitative estimate of drug-likeness (QED) is 0.631. The molecule has 0 spiro atoms. The first-order valence-electron chi connectivity index (χ1n) is 7.39. The van der Waals surface area contributed by atoms with E-state index in [1.54, 1.807) is 22.7 Å². The second-order valence-corrected chi connectivity index (χ2v) is 6.41. The van der Waals surface area contributed by atoms with Gasteiger partial charge < -0.3 is 9.64 Å². The second-order valence-electron chi connectivity index (χ2n) is 5.10. The lowest BCUT2D eigenvalue weighted by atomic mass is 10.1. The molecule has 1 aromatic carbocycles. The normalized spacial score (nSPS) is 18.5. The van der Waals surface area contributed by atoms with E-state index in [1.165, 1.54) is 12.7 Å². The van der Waals surface area contributed by atoms with Crippen LogP contribution in [0.4, 0.5) is 0 Å². The lowest BCUT2D eigenvalue weighted by Crippen LogP contribution is -2.44. The zero-order valence-corrected chi connectivity index (χ0v) is 13.8. The average Bonchev–Trinajstić information content (AvgIpc) is 2.59. The number of nitrogens with zero attached hydrogens (tertiary/aromatic N) is 1. The molecule has 0 bridgehead atoms. The molecular weight excluding hydrogens is 298 g/mol. The van der Waals surface area contributed by atoms with E-state index in [0.29, 0.717) is 13.1 Å². The molecule has 0 N–H and O–H groups in total. The molecule has 1 amide bonds. The number of hydrogen-bond donors (Lipinski definition) is 0. The van der Waals surface area contributed by atoms with Crippen molar-refractivity contribution < 1.29 is 14.3 Å². The minimum atomic E-state index is -0.278. The number of methoxy groups -OCH3 is 1. The molecule has 0 saturated carbocycles. The molecule has 2 rings (SSSR count). The van der Waals surface area contributed by atoms with Crippen molar-refractivity contribution in [2.75, 3.05) is 26.0 Å². The van der Waals surface area contributed by atoms with Gasteiger partial charge in [-0.25, -0.2) is 0 Å². The maximum atomic E-state index is 12.2. The van der Waals surface area contributed by atoms with Crippen molar-refractivity contribution in [3.63, 3.8) is 0 Å². The summed E-state index contributed by atoms with van der Waals surface area (Å²) in [5.74, 6) is 0.431. The fraction of sp³-hybridized carbons (Fsp3) is 0.412. The third-order valence-corrected chi connectivity index (χ3v) is 4.81. The van der Waals surface area contributed by atoms with E-state index in [-0.39, 0.29) is 17.1 Å². The van der Waals surface area contributed by atoms with Gasteiger partial charge in [0, 0.05) is 24.9 Å². The maximum absolute atomic E-state index is 12.2. The van der Waals surface area contributed by atoms with Crippen LogP contribution in [-0.4, -0.2) is 48.0 Å². The van der Waals surface area contributed by atoms with Crippen molar-refractivity contribution in [3.8, 4) is 0 Å². The van der Waals surface area contributed by atoms with E-state index in [4.69, 9.17) is 4.74 Å². The van der Waals surface area contributed by atoms with E-state index in [2.05, 4.69) is 19.1 Å². The summed E-state index contributed by atoms with van der Waals surface area (Å²) in [5, 5.41) is -0.278. The van der Waals surface area contributed by atoms with Crippen LogP contribution in [0.15, 0.2) is 30.3 Å². The minimum Gasteiger partial charge on any atom is -0.468 e. The summed E-state index contributed by atoms with van der Waals surface area (Å²) >= 11 is 1.54. The topological polar surface area (TPSA) is 46.6 Å². The highest BCUT2D eigenvalue weighted by atomic mass is 32.2. The van der Waals surface area contributed by atoms with Crippen LogP contribution < -0.4 is 0 Å². The standard InChI is InChI=1S/C17H21NO3S/c1-3-13-4-6-14(7-5-13)8-9-16(19)18-10-11-22-15(12-18)17(20)21-2/h4-9,15H,3,10-12H2,1-2H3/b9-8+/t15-/m1/s1. The summed E-state index contributed by atoms with van der Waals surface area (Å²) in [4.78, 5) is 25.5. The van der Waals surface area contributed by atoms with Crippen LogP contribution in [0.2, 0.25) is 0 Å². The molecule has 1 saturated heterocycles. The van der Waals surface area contributed by atoms with Crippen LogP contribution in [-0.2, 0) is 20.7 Å². The number of ether oxygens (including phenoxy) is 1.